The van der Waals surface area contributed by atoms with Crippen LogP contribution >= 0.6 is 0 Å². The van der Waals surface area contributed by atoms with Crippen LogP contribution < -0.4 is 10.3 Å². The van der Waals surface area contributed by atoms with Crippen molar-refractivity contribution in [1.29, 1.82) is 0 Å². The summed E-state index contributed by atoms with van der Waals surface area (Å²) in [4.78, 5) is 26.6. The van der Waals surface area contributed by atoms with Crippen molar-refractivity contribution in [3.05, 3.63) is 88.3 Å². The van der Waals surface area contributed by atoms with E-state index >= 15 is 0 Å². The summed E-state index contributed by atoms with van der Waals surface area (Å²) in [6.07, 6.45) is 1.40. The molecular weight excluding hydrogens is 352 g/mol. The molecule has 2 aromatic carbocycles. The zero-order chi connectivity index (χ0) is 19.6. The van der Waals surface area contributed by atoms with E-state index in [-0.39, 0.29) is 11.7 Å². The van der Waals surface area contributed by atoms with Gasteiger partial charge >= 0.3 is 0 Å². The van der Waals surface area contributed by atoms with Crippen LogP contribution in [-0.2, 0) is 0 Å². The second-order valence-electron chi connectivity index (χ2n) is 6.20. The van der Waals surface area contributed by atoms with E-state index < -0.39 is 23.0 Å². The number of anilines is 1. The molecule has 1 heterocycles. The van der Waals surface area contributed by atoms with Gasteiger partial charge in [0, 0.05) is 24.0 Å². The number of halogens is 2. The molecular formula is C20H17F2N3O2. The molecule has 3 rings (SSSR count). The summed E-state index contributed by atoms with van der Waals surface area (Å²) >= 11 is 0. The minimum Gasteiger partial charge on any atom is -0.304 e. The number of carbonyl (C=O) groups excluding carboxylic acids is 1. The maximum atomic E-state index is 13.6. The Morgan fingerprint density at radius 1 is 1.04 bits per heavy atom. The van der Waals surface area contributed by atoms with Gasteiger partial charge in [-0.25, -0.2) is 13.5 Å². The third-order valence-corrected chi connectivity index (χ3v) is 3.92. The van der Waals surface area contributed by atoms with E-state index in [1.165, 1.54) is 64.3 Å². The highest BCUT2D eigenvalue weighted by atomic mass is 19.1. The Labute approximate surface area is 154 Å². The molecule has 0 radical (unpaired) electrons. The number of carbonyl (C=O) groups is 1. The SMILES string of the molecule is CC(C)N(C(=O)c1nn(-c2ccc(F)cc2)ccc1=O)c1cccc(F)c1. The predicted molar refractivity (Wildman–Crippen MR) is 98.1 cm³/mol. The van der Waals surface area contributed by atoms with Crippen LogP contribution in [0.1, 0.15) is 24.3 Å². The van der Waals surface area contributed by atoms with E-state index in [9.17, 15) is 18.4 Å². The molecule has 0 fully saturated rings. The monoisotopic (exact) mass is 369 g/mol. The molecule has 1 aromatic heterocycles. The van der Waals surface area contributed by atoms with Crippen molar-refractivity contribution < 1.29 is 13.6 Å². The molecule has 0 spiro atoms. The smallest absolute Gasteiger partial charge is 0.283 e. The molecule has 0 saturated heterocycles. The van der Waals surface area contributed by atoms with Crippen molar-refractivity contribution in [2.24, 2.45) is 0 Å². The van der Waals surface area contributed by atoms with Gasteiger partial charge in [-0.15, -0.1) is 0 Å². The van der Waals surface area contributed by atoms with Gasteiger partial charge in [0.05, 0.1) is 5.69 Å². The van der Waals surface area contributed by atoms with Crippen LogP contribution in [0.5, 0.6) is 0 Å². The summed E-state index contributed by atoms with van der Waals surface area (Å²) in [5.41, 5.74) is -0.0408. The number of hydrogen-bond donors (Lipinski definition) is 0. The standard InChI is InChI=1S/C20H17F2N3O2/c1-13(2)25(17-5-3-4-15(22)12-17)20(27)19-18(26)10-11-24(23-19)16-8-6-14(21)7-9-16/h3-13H,1-2H3. The van der Waals surface area contributed by atoms with Crippen LogP contribution in [0.25, 0.3) is 5.69 Å². The average molecular weight is 369 g/mol. The van der Waals surface area contributed by atoms with E-state index in [1.807, 2.05) is 0 Å². The zero-order valence-electron chi connectivity index (χ0n) is 14.8. The van der Waals surface area contributed by atoms with Crippen LogP contribution in [-0.4, -0.2) is 21.7 Å². The van der Waals surface area contributed by atoms with Gasteiger partial charge in [-0.3, -0.25) is 9.59 Å². The summed E-state index contributed by atoms with van der Waals surface area (Å²) in [5, 5.41) is 4.12. The van der Waals surface area contributed by atoms with Gasteiger partial charge in [0.1, 0.15) is 11.6 Å². The number of benzene rings is 2. The van der Waals surface area contributed by atoms with Crippen molar-refractivity contribution in [3.63, 3.8) is 0 Å². The molecule has 0 atom stereocenters. The molecule has 0 aliphatic carbocycles. The van der Waals surface area contributed by atoms with Crippen molar-refractivity contribution in [2.45, 2.75) is 19.9 Å². The fraction of sp³-hybridized carbons (Fsp3) is 0.150. The fourth-order valence-corrected chi connectivity index (χ4v) is 2.68. The predicted octanol–water partition coefficient (Wildman–Crippen LogP) is 3.57. The molecule has 138 valence electrons. The fourth-order valence-electron chi connectivity index (χ4n) is 2.68. The Balaban J connectivity index is 2.05. The molecule has 0 unspecified atom stereocenters. The molecule has 7 heteroatoms. The Morgan fingerprint density at radius 2 is 1.74 bits per heavy atom. The van der Waals surface area contributed by atoms with E-state index in [2.05, 4.69) is 5.10 Å². The van der Waals surface area contributed by atoms with E-state index in [0.29, 0.717) is 11.4 Å². The Hall–Kier alpha value is -3.35. The lowest BCUT2D eigenvalue weighted by molar-refractivity contribution is 0.0972. The first-order valence-electron chi connectivity index (χ1n) is 8.32. The molecule has 0 N–H and O–H groups in total. The van der Waals surface area contributed by atoms with Gasteiger partial charge in [0.2, 0.25) is 5.43 Å². The van der Waals surface area contributed by atoms with Crippen molar-refractivity contribution in [2.75, 3.05) is 4.90 Å². The van der Waals surface area contributed by atoms with Crippen LogP contribution in [0, 0.1) is 11.6 Å². The molecule has 0 bridgehead atoms. The number of amides is 1. The lowest BCUT2D eigenvalue weighted by atomic mass is 10.2. The first kappa shape index (κ1) is 18.4. The van der Waals surface area contributed by atoms with Gasteiger partial charge in [-0.05, 0) is 56.3 Å². The highest BCUT2D eigenvalue weighted by Gasteiger charge is 2.25. The van der Waals surface area contributed by atoms with Gasteiger partial charge in [-0.1, -0.05) is 6.07 Å². The van der Waals surface area contributed by atoms with Gasteiger partial charge in [-0.2, -0.15) is 5.10 Å². The molecule has 3 aromatic rings. The van der Waals surface area contributed by atoms with Crippen molar-refractivity contribution in [1.82, 2.24) is 9.78 Å². The van der Waals surface area contributed by atoms with Gasteiger partial charge in [0.25, 0.3) is 5.91 Å². The van der Waals surface area contributed by atoms with Crippen LogP contribution in [0.4, 0.5) is 14.5 Å². The van der Waals surface area contributed by atoms with Crippen LogP contribution in [0.3, 0.4) is 0 Å². The summed E-state index contributed by atoms with van der Waals surface area (Å²) in [7, 11) is 0. The van der Waals surface area contributed by atoms with Crippen LogP contribution in [0.15, 0.2) is 65.6 Å². The first-order chi connectivity index (χ1) is 12.9. The lowest BCUT2D eigenvalue weighted by Crippen LogP contribution is -2.40. The molecule has 0 aliphatic rings. The number of hydrogen-bond acceptors (Lipinski definition) is 3. The molecule has 5 nitrogen and oxygen atoms in total. The topological polar surface area (TPSA) is 55.2 Å². The second-order valence-corrected chi connectivity index (χ2v) is 6.20. The maximum absolute atomic E-state index is 13.6. The minimum atomic E-state index is -0.642. The molecule has 0 aliphatic heterocycles. The normalized spacial score (nSPS) is 10.9. The summed E-state index contributed by atoms with van der Waals surface area (Å²) in [6, 6.07) is 11.9. The Bertz CT molecular complexity index is 1030. The summed E-state index contributed by atoms with van der Waals surface area (Å²) < 4.78 is 28.0. The summed E-state index contributed by atoms with van der Waals surface area (Å²) in [5.74, 6) is -1.54. The van der Waals surface area contributed by atoms with Crippen molar-refractivity contribution >= 4 is 11.6 Å². The third-order valence-electron chi connectivity index (χ3n) is 3.92. The number of aromatic nitrogens is 2. The number of nitrogens with zero attached hydrogens (tertiary/aromatic N) is 3. The quantitative estimate of drug-likeness (QED) is 0.707. The maximum Gasteiger partial charge on any atom is 0.283 e. The first-order valence-corrected chi connectivity index (χ1v) is 8.32. The number of rotatable bonds is 4. The minimum absolute atomic E-state index is 0.306. The van der Waals surface area contributed by atoms with Crippen LogP contribution in [0.2, 0.25) is 0 Å². The third kappa shape index (κ3) is 3.92. The van der Waals surface area contributed by atoms with E-state index in [4.69, 9.17) is 0 Å². The summed E-state index contributed by atoms with van der Waals surface area (Å²) in [6.45, 7) is 3.51. The van der Waals surface area contributed by atoms with Crippen molar-refractivity contribution in [3.8, 4) is 5.69 Å². The Morgan fingerprint density at radius 3 is 2.37 bits per heavy atom. The van der Waals surface area contributed by atoms with Gasteiger partial charge in [0.15, 0.2) is 5.69 Å². The lowest BCUT2D eigenvalue weighted by Gasteiger charge is -2.26. The largest absolute Gasteiger partial charge is 0.304 e. The highest BCUT2D eigenvalue weighted by molar-refractivity contribution is 6.05. The molecule has 1 amide bonds. The van der Waals surface area contributed by atoms with E-state index in [0.717, 1.165) is 0 Å². The zero-order valence-corrected chi connectivity index (χ0v) is 14.8. The second kappa shape index (κ2) is 7.49. The average Bonchev–Trinajstić information content (AvgIpc) is 2.63. The Kier molecular flexibility index (Phi) is 5.12. The van der Waals surface area contributed by atoms with Gasteiger partial charge < -0.3 is 4.90 Å². The van der Waals surface area contributed by atoms with E-state index in [1.54, 1.807) is 19.9 Å². The molecule has 27 heavy (non-hydrogen) atoms. The highest BCUT2D eigenvalue weighted by Crippen LogP contribution is 2.20. The molecule has 0 saturated carbocycles.